The molecular weight excluding hydrogens is 274 g/mol. The molecule has 0 aliphatic heterocycles. The Hall–Kier alpha value is -1.50. The fraction of sp³-hybridized carbons (Fsp3) is 0.429. The Kier molecular flexibility index (Phi) is 6.57. The summed E-state index contributed by atoms with van der Waals surface area (Å²) in [6, 6.07) is 7.36. The monoisotopic (exact) mass is 295 g/mol. The molecule has 0 bridgehead atoms. The summed E-state index contributed by atoms with van der Waals surface area (Å²) >= 11 is 4.91. The van der Waals surface area contributed by atoms with Gasteiger partial charge in [-0.2, -0.15) is 0 Å². The topological polar surface area (TPSA) is 67.6 Å². The predicted molar refractivity (Wildman–Crippen MR) is 84.9 cm³/mol. The van der Waals surface area contributed by atoms with E-state index in [9.17, 15) is 4.79 Å². The minimum Gasteiger partial charge on any atom is -0.389 e. The number of nitrogens with zero attached hydrogens (tertiary/aromatic N) is 1. The van der Waals surface area contributed by atoms with E-state index in [-0.39, 0.29) is 11.9 Å². The van der Waals surface area contributed by atoms with Crippen molar-refractivity contribution in [1.82, 2.24) is 4.90 Å². The quantitative estimate of drug-likeness (QED) is 0.741. The number of anilines is 1. The number of hydrogen-bond acceptors (Lipinski definition) is 4. The van der Waals surface area contributed by atoms with Crippen LogP contribution < -0.4 is 11.1 Å². The molecule has 1 aromatic carbocycles. The summed E-state index contributed by atoms with van der Waals surface area (Å²) < 4.78 is 5.07. The van der Waals surface area contributed by atoms with Gasteiger partial charge in [-0.15, -0.1) is 0 Å². The third kappa shape index (κ3) is 5.24. The van der Waals surface area contributed by atoms with Gasteiger partial charge >= 0.3 is 0 Å². The van der Waals surface area contributed by atoms with Crippen LogP contribution in [0.15, 0.2) is 24.3 Å². The van der Waals surface area contributed by atoms with Gasteiger partial charge in [0.05, 0.1) is 13.2 Å². The van der Waals surface area contributed by atoms with Gasteiger partial charge in [-0.1, -0.05) is 24.4 Å². The molecule has 0 saturated heterocycles. The molecular formula is C14H21N3O2S. The summed E-state index contributed by atoms with van der Waals surface area (Å²) in [6.07, 6.45) is 0. The minimum absolute atomic E-state index is 0.0875. The van der Waals surface area contributed by atoms with Crippen molar-refractivity contribution < 1.29 is 9.53 Å². The predicted octanol–water partition coefficient (Wildman–Crippen LogP) is 1.23. The molecule has 0 spiro atoms. The van der Waals surface area contributed by atoms with Crippen LogP contribution in [0, 0.1) is 0 Å². The third-order valence-corrected chi connectivity index (χ3v) is 3.22. The number of carbonyl (C=O) groups is 1. The van der Waals surface area contributed by atoms with Crippen LogP contribution in [-0.4, -0.2) is 49.1 Å². The summed E-state index contributed by atoms with van der Waals surface area (Å²) in [6.45, 7) is 2.88. The Morgan fingerprint density at radius 3 is 2.85 bits per heavy atom. The van der Waals surface area contributed by atoms with E-state index in [4.69, 9.17) is 22.7 Å². The van der Waals surface area contributed by atoms with Crippen molar-refractivity contribution in [2.45, 2.75) is 13.0 Å². The van der Waals surface area contributed by atoms with E-state index in [1.165, 1.54) is 0 Å². The van der Waals surface area contributed by atoms with Gasteiger partial charge < -0.3 is 15.8 Å². The maximum atomic E-state index is 12.0. The number of nitrogens with one attached hydrogen (secondary N) is 1. The first-order valence-corrected chi connectivity index (χ1v) is 6.73. The fourth-order valence-electron chi connectivity index (χ4n) is 1.70. The van der Waals surface area contributed by atoms with Crippen molar-refractivity contribution in [3.63, 3.8) is 0 Å². The number of ether oxygens (including phenoxy) is 1. The largest absolute Gasteiger partial charge is 0.389 e. The van der Waals surface area contributed by atoms with Crippen LogP contribution in [0.3, 0.4) is 0 Å². The maximum Gasteiger partial charge on any atom is 0.238 e. The first-order chi connectivity index (χ1) is 9.43. The molecule has 5 nitrogen and oxygen atoms in total. The zero-order chi connectivity index (χ0) is 15.1. The standard InChI is InChI=1S/C14H21N3O2S/c1-10(9-19-3)17(2)8-13(18)16-12-6-4-5-11(7-12)14(15)20/h4-7,10H,8-9H2,1-3H3,(H2,15,20)(H,16,18). The first-order valence-electron chi connectivity index (χ1n) is 6.33. The number of likely N-dealkylation sites (N-methyl/N-ethyl adjacent to an activating group) is 1. The lowest BCUT2D eigenvalue weighted by molar-refractivity contribution is -0.117. The molecule has 3 N–H and O–H groups in total. The van der Waals surface area contributed by atoms with Gasteiger partial charge in [0, 0.05) is 24.4 Å². The van der Waals surface area contributed by atoms with Crippen LogP contribution in [0.4, 0.5) is 5.69 Å². The number of carbonyl (C=O) groups excluding carboxylic acids is 1. The highest BCUT2D eigenvalue weighted by molar-refractivity contribution is 7.80. The second-order valence-electron chi connectivity index (χ2n) is 4.71. The summed E-state index contributed by atoms with van der Waals surface area (Å²) in [7, 11) is 3.53. The fourth-order valence-corrected chi connectivity index (χ4v) is 1.83. The summed E-state index contributed by atoms with van der Waals surface area (Å²) in [5, 5.41) is 2.83. The van der Waals surface area contributed by atoms with E-state index >= 15 is 0 Å². The number of methoxy groups -OCH3 is 1. The van der Waals surface area contributed by atoms with E-state index in [0.29, 0.717) is 23.8 Å². The van der Waals surface area contributed by atoms with Crippen molar-refractivity contribution in [2.24, 2.45) is 5.73 Å². The lowest BCUT2D eigenvalue weighted by Crippen LogP contribution is -2.38. The smallest absolute Gasteiger partial charge is 0.238 e. The molecule has 0 radical (unpaired) electrons. The lowest BCUT2D eigenvalue weighted by atomic mass is 10.2. The maximum absolute atomic E-state index is 12.0. The highest BCUT2D eigenvalue weighted by Crippen LogP contribution is 2.10. The van der Waals surface area contributed by atoms with Gasteiger partial charge in [-0.3, -0.25) is 9.69 Å². The Morgan fingerprint density at radius 1 is 1.55 bits per heavy atom. The van der Waals surface area contributed by atoms with E-state index in [1.54, 1.807) is 25.3 Å². The van der Waals surface area contributed by atoms with Crippen LogP contribution in [0.5, 0.6) is 0 Å². The van der Waals surface area contributed by atoms with Gasteiger partial charge in [-0.25, -0.2) is 0 Å². The normalized spacial score (nSPS) is 12.2. The molecule has 0 fully saturated rings. The van der Waals surface area contributed by atoms with Crippen molar-refractivity contribution in [1.29, 1.82) is 0 Å². The summed E-state index contributed by atoms with van der Waals surface area (Å²) in [4.78, 5) is 14.2. The molecule has 20 heavy (non-hydrogen) atoms. The highest BCUT2D eigenvalue weighted by Gasteiger charge is 2.13. The Morgan fingerprint density at radius 2 is 2.25 bits per heavy atom. The molecule has 6 heteroatoms. The van der Waals surface area contributed by atoms with E-state index in [1.807, 2.05) is 24.9 Å². The first kappa shape index (κ1) is 16.6. The number of rotatable bonds is 7. The van der Waals surface area contributed by atoms with E-state index < -0.39 is 0 Å². The molecule has 1 unspecified atom stereocenters. The summed E-state index contributed by atoms with van der Waals surface area (Å²) in [5.41, 5.74) is 6.99. The van der Waals surface area contributed by atoms with Crippen LogP contribution in [0.2, 0.25) is 0 Å². The second kappa shape index (κ2) is 7.94. The number of amides is 1. The van der Waals surface area contributed by atoms with Crippen LogP contribution in [0.1, 0.15) is 12.5 Å². The molecule has 0 aliphatic carbocycles. The number of benzene rings is 1. The third-order valence-electron chi connectivity index (χ3n) is 2.98. The minimum atomic E-state index is -0.0875. The van der Waals surface area contributed by atoms with Gasteiger partial charge in [0.25, 0.3) is 0 Å². The zero-order valence-corrected chi connectivity index (χ0v) is 12.9. The van der Waals surface area contributed by atoms with Gasteiger partial charge in [-0.05, 0) is 26.1 Å². The number of thiocarbonyl (C=S) groups is 1. The van der Waals surface area contributed by atoms with Crippen molar-refractivity contribution in [3.05, 3.63) is 29.8 Å². The molecule has 0 aromatic heterocycles. The lowest BCUT2D eigenvalue weighted by Gasteiger charge is -2.23. The van der Waals surface area contributed by atoms with Crippen molar-refractivity contribution >= 4 is 28.8 Å². The average Bonchev–Trinajstić information content (AvgIpc) is 2.39. The van der Waals surface area contributed by atoms with E-state index in [0.717, 1.165) is 5.56 Å². The SMILES string of the molecule is COCC(C)N(C)CC(=O)Nc1cccc(C(N)=S)c1. The zero-order valence-electron chi connectivity index (χ0n) is 12.1. The van der Waals surface area contributed by atoms with Crippen molar-refractivity contribution in [3.8, 4) is 0 Å². The molecule has 0 saturated carbocycles. The second-order valence-corrected chi connectivity index (χ2v) is 5.15. The molecule has 0 aliphatic rings. The number of hydrogen-bond donors (Lipinski definition) is 2. The molecule has 1 amide bonds. The van der Waals surface area contributed by atoms with Crippen molar-refractivity contribution in [2.75, 3.05) is 32.6 Å². The molecule has 110 valence electrons. The Balaban J connectivity index is 2.58. The van der Waals surface area contributed by atoms with Gasteiger partial charge in [0.2, 0.25) is 5.91 Å². The van der Waals surface area contributed by atoms with Crippen LogP contribution in [0.25, 0.3) is 0 Å². The Bertz CT molecular complexity index is 479. The summed E-state index contributed by atoms with van der Waals surface area (Å²) in [5.74, 6) is -0.0875. The van der Waals surface area contributed by atoms with E-state index in [2.05, 4.69) is 5.32 Å². The average molecular weight is 295 g/mol. The van der Waals surface area contributed by atoms with Gasteiger partial charge in [0.1, 0.15) is 4.99 Å². The van der Waals surface area contributed by atoms with Gasteiger partial charge in [0.15, 0.2) is 0 Å². The Labute approximate surface area is 125 Å². The highest BCUT2D eigenvalue weighted by atomic mass is 32.1. The molecule has 1 aromatic rings. The number of nitrogens with two attached hydrogens (primary N) is 1. The molecule has 1 rings (SSSR count). The molecule has 0 heterocycles. The molecule has 1 atom stereocenters. The van der Waals surface area contributed by atoms with Crippen LogP contribution in [-0.2, 0) is 9.53 Å². The van der Waals surface area contributed by atoms with Crippen LogP contribution >= 0.6 is 12.2 Å².